The van der Waals surface area contributed by atoms with E-state index in [1.807, 2.05) is 32.9 Å². The Morgan fingerprint density at radius 3 is 2.24 bits per heavy atom. The molecule has 0 fully saturated rings. The minimum Gasteiger partial charge on any atom is -0.494 e. The molecule has 94 valence electrons. The largest absolute Gasteiger partial charge is 0.494 e. The first-order chi connectivity index (χ1) is 8.10. The Kier molecular flexibility index (Phi) is 5.16. The van der Waals surface area contributed by atoms with Crippen LogP contribution in [0.15, 0.2) is 24.3 Å². The van der Waals surface area contributed by atoms with Gasteiger partial charge in [0, 0.05) is 12.7 Å². The Labute approximate surface area is 103 Å². The molecule has 0 aliphatic heterocycles. The van der Waals surface area contributed by atoms with Crippen molar-refractivity contribution in [1.82, 2.24) is 0 Å². The Hall–Kier alpha value is -1.35. The van der Waals surface area contributed by atoms with Crippen molar-refractivity contribution in [2.45, 2.75) is 26.9 Å². The van der Waals surface area contributed by atoms with E-state index in [2.05, 4.69) is 0 Å². The van der Waals surface area contributed by atoms with Gasteiger partial charge in [0.1, 0.15) is 11.9 Å². The molecule has 3 nitrogen and oxygen atoms in total. The molecule has 1 atom stereocenters. The molecule has 0 saturated heterocycles. The summed E-state index contributed by atoms with van der Waals surface area (Å²) >= 11 is 0. The SMILES string of the molecule is CCOc1ccc(C(=O)C(OC)C(C)C)cc1. The predicted molar refractivity (Wildman–Crippen MR) is 67.6 cm³/mol. The van der Waals surface area contributed by atoms with E-state index in [0.29, 0.717) is 12.2 Å². The van der Waals surface area contributed by atoms with E-state index in [4.69, 9.17) is 9.47 Å². The van der Waals surface area contributed by atoms with Crippen LogP contribution in [0.5, 0.6) is 5.75 Å². The van der Waals surface area contributed by atoms with Gasteiger partial charge in [-0.15, -0.1) is 0 Å². The third-order valence-corrected chi connectivity index (χ3v) is 2.57. The number of methoxy groups -OCH3 is 1. The lowest BCUT2D eigenvalue weighted by Crippen LogP contribution is -2.28. The van der Waals surface area contributed by atoms with Crippen LogP contribution in [-0.2, 0) is 4.74 Å². The molecule has 0 aromatic heterocycles. The van der Waals surface area contributed by atoms with Crippen LogP contribution in [0.4, 0.5) is 0 Å². The lowest BCUT2D eigenvalue weighted by molar-refractivity contribution is 0.0458. The van der Waals surface area contributed by atoms with Crippen LogP contribution >= 0.6 is 0 Å². The van der Waals surface area contributed by atoms with Gasteiger partial charge in [-0.2, -0.15) is 0 Å². The van der Waals surface area contributed by atoms with E-state index in [9.17, 15) is 4.79 Å². The Bertz CT molecular complexity index is 354. The van der Waals surface area contributed by atoms with Crippen molar-refractivity contribution in [1.29, 1.82) is 0 Å². The van der Waals surface area contributed by atoms with Gasteiger partial charge < -0.3 is 9.47 Å². The van der Waals surface area contributed by atoms with Crippen molar-refractivity contribution in [2.24, 2.45) is 5.92 Å². The zero-order valence-electron chi connectivity index (χ0n) is 10.9. The minimum atomic E-state index is -0.382. The van der Waals surface area contributed by atoms with Gasteiger partial charge in [0.25, 0.3) is 0 Å². The van der Waals surface area contributed by atoms with Gasteiger partial charge in [0.2, 0.25) is 0 Å². The van der Waals surface area contributed by atoms with E-state index in [-0.39, 0.29) is 17.8 Å². The molecule has 0 heterocycles. The van der Waals surface area contributed by atoms with Crippen LogP contribution in [0.3, 0.4) is 0 Å². The zero-order chi connectivity index (χ0) is 12.8. The highest BCUT2D eigenvalue weighted by atomic mass is 16.5. The summed E-state index contributed by atoms with van der Waals surface area (Å²) < 4.78 is 10.6. The number of ether oxygens (including phenoxy) is 2. The molecule has 0 N–H and O–H groups in total. The van der Waals surface area contributed by atoms with Crippen LogP contribution in [0, 0.1) is 5.92 Å². The van der Waals surface area contributed by atoms with E-state index >= 15 is 0 Å². The lowest BCUT2D eigenvalue weighted by atomic mass is 9.97. The number of hydrogen-bond acceptors (Lipinski definition) is 3. The van der Waals surface area contributed by atoms with Crippen LogP contribution < -0.4 is 4.74 Å². The van der Waals surface area contributed by atoms with Crippen molar-refractivity contribution in [2.75, 3.05) is 13.7 Å². The third-order valence-electron chi connectivity index (χ3n) is 2.57. The summed E-state index contributed by atoms with van der Waals surface area (Å²) in [7, 11) is 1.57. The fourth-order valence-electron chi connectivity index (χ4n) is 1.73. The molecule has 0 amide bonds. The van der Waals surface area contributed by atoms with E-state index in [0.717, 1.165) is 5.75 Å². The van der Waals surface area contributed by atoms with Gasteiger partial charge in [0.15, 0.2) is 5.78 Å². The van der Waals surface area contributed by atoms with Gasteiger partial charge >= 0.3 is 0 Å². The molecule has 0 spiro atoms. The highest BCUT2D eigenvalue weighted by Crippen LogP contribution is 2.17. The molecule has 0 aliphatic carbocycles. The highest BCUT2D eigenvalue weighted by Gasteiger charge is 2.22. The summed E-state index contributed by atoms with van der Waals surface area (Å²) in [6.07, 6.45) is -0.382. The number of Topliss-reactive ketones (excluding diaryl/α,β-unsaturated/α-hetero) is 1. The molecule has 0 saturated carbocycles. The van der Waals surface area contributed by atoms with Crippen molar-refractivity contribution in [3.05, 3.63) is 29.8 Å². The first-order valence-corrected chi connectivity index (χ1v) is 5.90. The summed E-state index contributed by atoms with van der Waals surface area (Å²) in [5, 5.41) is 0. The number of carbonyl (C=O) groups excluding carboxylic acids is 1. The van der Waals surface area contributed by atoms with Crippen molar-refractivity contribution >= 4 is 5.78 Å². The van der Waals surface area contributed by atoms with E-state index < -0.39 is 0 Å². The standard InChI is InChI=1S/C14H20O3/c1-5-17-12-8-6-11(7-9-12)13(15)14(16-4)10(2)3/h6-10,14H,5H2,1-4H3. The molecular weight excluding hydrogens is 216 g/mol. The summed E-state index contributed by atoms with van der Waals surface area (Å²) in [5.41, 5.74) is 0.661. The predicted octanol–water partition coefficient (Wildman–Crippen LogP) is 2.94. The van der Waals surface area contributed by atoms with E-state index in [1.165, 1.54) is 0 Å². The Morgan fingerprint density at radius 2 is 1.82 bits per heavy atom. The summed E-state index contributed by atoms with van der Waals surface area (Å²) in [6, 6.07) is 7.18. The third kappa shape index (κ3) is 3.56. The van der Waals surface area contributed by atoms with Crippen molar-refractivity contribution < 1.29 is 14.3 Å². The fraction of sp³-hybridized carbons (Fsp3) is 0.500. The summed E-state index contributed by atoms with van der Waals surface area (Å²) in [5.74, 6) is 0.965. The van der Waals surface area contributed by atoms with Gasteiger partial charge in [-0.25, -0.2) is 0 Å². The van der Waals surface area contributed by atoms with Gasteiger partial charge in [-0.05, 0) is 37.1 Å². The van der Waals surface area contributed by atoms with Gasteiger partial charge in [-0.1, -0.05) is 13.8 Å². The zero-order valence-corrected chi connectivity index (χ0v) is 10.9. The normalized spacial score (nSPS) is 12.5. The Balaban J connectivity index is 2.81. The first-order valence-electron chi connectivity index (χ1n) is 5.90. The Morgan fingerprint density at radius 1 is 1.24 bits per heavy atom. The van der Waals surface area contributed by atoms with Crippen molar-refractivity contribution in [3.63, 3.8) is 0 Å². The first kappa shape index (κ1) is 13.7. The van der Waals surface area contributed by atoms with Crippen LogP contribution in [0.1, 0.15) is 31.1 Å². The molecule has 0 bridgehead atoms. The minimum absolute atomic E-state index is 0.0190. The molecule has 0 radical (unpaired) electrons. The number of hydrogen-bond donors (Lipinski definition) is 0. The molecule has 1 rings (SSSR count). The molecule has 17 heavy (non-hydrogen) atoms. The topological polar surface area (TPSA) is 35.5 Å². The smallest absolute Gasteiger partial charge is 0.191 e. The number of rotatable bonds is 6. The van der Waals surface area contributed by atoms with Crippen LogP contribution in [0.25, 0.3) is 0 Å². The average molecular weight is 236 g/mol. The van der Waals surface area contributed by atoms with E-state index in [1.54, 1.807) is 19.2 Å². The molecule has 1 aromatic carbocycles. The maximum Gasteiger partial charge on any atom is 0.191 e. The number of benzene rings is 1. The molecule has 1 unspecified atom stereocenters. The molecule has 0 aliphatic rings. The van der Waals surface area contributed by atoms with Crippen LogP contribution in [0.2, 0.25) is 0 Å². The molecular formula is C14H20O3. The summed E-state index contributed by atoms with van der Waals surface area (Å²) in [6.45, 7) is 6.50. The average Bonchev–Trinajstić information content (AvgIpc) is 2.30. The number of ketones is 1. The number of carbonyl (C=O) groups is 1. The molecule has 3 heteroatoms. The molecule has 1 aromatic rings. The second kappa shape index (κ2) is 6.40. The van der Waals surface area contributed by atoms with Crippen LogP contribution in [-0.4, -0.2) is 25.6 Å². The maximum absolute atomic E-state index is 12.1. The highest BCUT2D eigenvalue weighted by molar-refractivity contribution is 5.99. The lowest BCUT2D eigenvalue weighted by Gasteiger charge is -2.17. The second-order valence-electron chi connectivity index (χ2n) is 4.22. The van der Waals surface area contributed by atoms with Gasteiger partial charge in [-0.3, -0.25) is 4.79 Å². The monoisotopic (exact) mass is 236 g/mol. The second-order valence-corrected chi connectivity index (χ2v) is 4.22. The summed E-state index contributed by atoms with van der Waals surface area (Å²) in [4.78, 5) is 12.1. The maximum atomic E-state index is 12.1. The fourth-order valence-corrected chi connectivity index (χ4v) is 1.73. The van der Waals surface area contributed by atoms with Crippen molar-refractivity contribution in [3.8, 4) is 5.75 Å². The van der Waals surface area contributed by atoms with Gasteiger partial charge in [0.05, 0.1) is 6.61 Å². The quantitative estimate of drug-likeness (QED) is 0.712.